The highest BCUT2D eigenvalue weighted by molar-refractivity contribution is 9.09. The Bertz CT molecular complexity index is 560. The standard InChI is InChI=1S/C15H18BrClN2/c1-10-4-6-12(7-5-10)13(9-16)8-14-11(2)18-19(3)15(14)17/h4-7,13H,8-9H2,1-3H3. The van der Waals surface area contributed by atoms with Crippen molar-refractivity contribution in [3.8, 4) is 0 Å². The van der Waals surface area contributed by atoms with E-state index in [-0.39, 0.29) is 0 Å². The lowest BCUT2D eigenvalue weighted by Gasteiger charge is -2.15. The first-order valence-electron chi connectivity index (χ1n) is 6.33. The van der Waals surface area contributed by atoms with Gasteiger partial charge in [-0.2, -0.15) is 5.10 Å². The molecule has 0 N–H and O–H groups in total. The van der Waals surface area contributed by atoms with Gasteiger partial charge in [-0.05, 0) is 31.7 Å². The van der Waals surface area contributed by atoms with Crippen LogP contribution in [0.5, 0.6) is 0 Å². The number of rotatable bonds is 4. The molecule has 0 aliphatic heterocycles. The van der Waals surface area contributed by atoms with Crippen LogP contribution in [0, 0.1) is 13.8 Å². The largest absolute Gasteiger partial charge is 0.257 e. The van der Waals surface area contributed by atoms with Crippen molar-refractivity contribution < 1.29 is 0 Å². The van der Waals surface area contributed by atoms with Crippen LogP contribution in [0.2, 0.25) is 5.15 Å². The first kappa shape index (κ1) is 14.6. The van der Waals surface area contributed by atoms with Crippen LogP contribution in [0.1, 0.15) is 28.3 Å². The molecule has 0 amide bonds. The topological polar surface area (TPSA) is 17.8 Å². The summed E-state index contributed by atoms with van der Waals surface area (Å²) in [5.41, 5.74) is 4.79. The van der Waals surface area contributed by atoms with Gasteiger partial charge in [0.25, 0.3) is 0 Å². The number of halogens is 2. The zero-order valence-corrected chi connectivity index (χ0v) is 13.8. The first-order chi connectivity index (χ1) is 9.02. The summed E-state index contributed by atoms with van der Waals surface area (Å²) in [5.74, 6) is 0.418. The molecule has 0 aliphatic carbocycles. The highest BCUT2D eigenvalue weighted by atomic mass is 79.9. The number of aromatic nitrogens is 2. The molecule has 0 saturated heterocycles. The second kappa shape index (κ2) is 6.10. The maximum absolute atomic E-state index is 6.31. The number of hydrogen-bond acceptors (Lipinski definition) is 1. The minimum atomic E-state index is 0.418. The molecule has 1 heterocycles. The normalized spacial score (nSPS) is 12.7. The highest BCUT2D eigenvalue weighted by Crippen LogP contribution is 2.28. The Hall–Kier alpha value is -0.800. The molecular weight excluding hydrogens is 324 g/mol. The number of alkyl halides is 1. The third-order valence-corrected chi connectivity index (χ3v) is 4.71. The van der Waals surface area contributed by atoms with Gasteiger partial charge < -0.3 is 0 Å². The lowest BCUT2D eigenvalue weighted by atomic mass is 9.93. The van der Waals surface area contributed by atoms with Crippen molar-refractivity contribution in [3.05, 3.63) is 51.8 Å². The summed E-state index contributed by atoms with van der Waals surface area (Å²) in [6.45, 7) is 4.12. The van der Waals surface area contributed by atoms with Crippen molar-refractivity contribution in [1.82, 2.24) is 9.78 Å². The minimum absolute atomic E-state index is 0.418. The first-order valence-corrected chi connectivity index (χ1v) is 7.83. The Morgan fingerprint density at radius 1 is 1.26 bits per heavy atom. The molecule has 0 aliphatic rings. The van der Waals surface area contributed by atoms with Gasteiger partial charge >= 0.3 is 0 Å². The Labute approximate surface area is 127 Å². The molecule has 1 aromatic carbocycles. The van der Waals surface area contributed by atoms with E-state index in [9.17, 15) is 0 Å². The minimum Gasteiger partial charge on any atom is -0.257 e. The van der Waals surface area contributed by atoms with Crippen LogP contribution >= 0.6 is 27.5 Å². The van der Waals surface area contributed by atoms with Crippen molar-refractivity contribution >= 4 is 27.5 Å². The lowest BCUT2D eigenvalue weighted by Crippen LogP contribution is -2.05. The Balaban J connectivity index is 2.26. The van der Waals surface area contributed by atoms with Crippen LogP contribution in [0.3, 0.4) is 0 Å². The van der Waals surface area contributed by atoms with E-state index in [0.717, 1.165) is 28.2 Å². The molecule has 2 nitrogen and oxygen atoms in total. The molecule has 0 bridgehead atoms. The third-order valence-electron chi connectivity index (χ3n) is 3.46. The van der Waals surface area contributed by atoms with Crippen LogP contribution in [0.25, 0.3) is 0 Å². The zero-order valence-electron chi connectivity index (χ0n) is 11.5. The summed E-state index contributed by atoms with van der Waals surface area (Å²) in [5, 5.41) is 6.04. The van der Waals surface area contributed by atoms with E-state index >= 15 is 0 Å². The predicted molar refractivity (Wildman–Crippen MR) is 84.4 cm³/mol. The maximum Gasteiger partial charge on any atom is 0.130 e. The van der Waals surface area contributed by atoms with Gasteiger partial charge in [0, 0.05) is 17.9 Å². The quantitative estimate of drug-likeness (QED) is 0.753. The third kappa shape index (κ3) is 3.21. The van der Waals surface area contributed by atoms with Gasteiger partial charge in [0.1, 0.15) is 5.15 Å². The summed E-state index contributed by atoms with van der Waals surface area (Å²) in [4.78, 5) is 0. The van der Waals surface area contributed by atoms with E-state index < -0.39 is 0 Å². The predicted octanol–water partition coefficient (Wildman–Crippen LogP) is 4.41. The summed E-state index contributed by atoms with van der Waals surface area (Å²) in [6.07, 6.45) is 0.910. The monoisotopic (exact) mass is 340 g/mol. The van der Waals surface area contributed by atoms with E-state index in [4.69, 9.17) is 11.6 Å². The number of nitrogens with zero attached hydrogens (tertiary/aromatic N) is 2. The molecule has 0 saturated carbocycles. The molecule has 1 atom stereocenters. The maximum atomic E-state index is 6.31. The van der Waals surface area contributed by atoms with E-state index in [1.54, 1.807) is 4.68 Å². The molecular formula is C15H18BrClN2. The van der Waals surface area contributed by atoms with Gasteiger partial charge in [-0.15, -0.1) is 0 Å². The second-order valence-corrected chi connectivity index (χ2v) is 5.95. The molecule has 19 heavy (non-hydrogen) atoms. The van der Waals surface area contributed by atoms with Gasteiger partial charge in [0.15, 0.2) is 0 Å². The Morgan fingerprint density at radius 2 is 1.89 bits per heavy atom. The van der Waals surface area contributed by atoms with Crippen molar-refractivity contribution in [2.75, 3.05) is 5.33 Å². The van der Waals surface area contributed by atoms with E-state index in [1.807, 2.05) is 14.0 Å². The summed E-state index contributed by atoms with van der Waals surface area (Å²) < 4.78 is 1.74. The van der Waals surface area contributed by atoms with Crippen LogP contribution in [-0.4, -0.2) is 15.1 Å². The molecule has 0 radical (unpaired) electrons. The van der Waals surface area contributed by atoms with Gasteiger partial charge in [0.2, 0.25) is 0 Å². The van der Waals surface area contributed by atoms with Crippen LogP contribution in [0.4, 0.5) is 0 Å². The van der Waals surface area contributed by atoms with Gasteiger partial charge in [-0.1, -0.05) is 57.4 Å². The second-order valence-electron chi connectivity index (χ2n) is 4.94. The summed E-state index contributed by atoms with van der Waals surface area (Å²) in [7, 11) is 1.88. The summed E-state index contributed by atoms with van der Waals surface area (Å²) in [6, 6.07) is 8.70. The average molecular weight is 342 g/mol. The number of aryl methyl sites for hydroxylation is 3. The zero-order chi connectivity index (χ0) is 14.0. The Morgan fingerprint density at radius 3 is 2.37 bits per heavy atom. The molecule has 0 spiro atoms. The summed E-state index contributed by atoms with van der Waals surface area (Å²) >= 11 is 9.93. The molecule has 1 aromatic heterocycles. The average Bonchev–Trinajstić information content (AvgIpc) is 2.63. The van der Waals surface area contributed by atoms with Crippen LogP contribution < -0.4 is 0 Å². The van der Waals surface area contributed by atoms with E-state index in [0.29, 0.717) is 5.92 Å². The number of hydrogen-bond donors (Lipinski definition) is 0. The molecule has 2 rings (SSSR count). The van der Waals surface area contributed by atoms with Crippen molar-refractivity contribution in [3.63, 3.8) is 0 Å². The number of benzene rings is 1. The van der Waals surface area contributed by atoms with Gasteiger partial charge in [0.05, 0.1) is 5.69 Å². The fourth-order valence-corrected chi connectivity index (χ4v) is 3.11. The fraction of sp³-hybridized carbons (Fsp3) is 0.400. The Kier molecular flexibility index (Phi) is 4.69. The fourth-order valence-electron chi connectivity index (χ4n) is 2.25. The van der Waals surface area contributed by atoms with E-state index in [2.05, 4.69) is 52.2 Å². The van der Waals surface area contributed by atoms with Crippen LogP contribution in [-0.2, 0) is 13.5 Å². The lowest BCUT2D eigenvalue weighted by molar-refractivity contribution is 0.755. The molecule has 102 valence electrons. The van der Waals surface area contributed by atoms with Crippen molar-refractivity contribution in [2.45, 2.75) is 26.2 Å². The molecule has 2 aromatic rings. The molecule has 1 unspecified atom stereocenters. The highest BCUT2D eigenvalue weighted by Gasteiger charge is 2.17. The van der Waals surface area contributed by atoms with Crippen LogP contribution in [0.15, 0.2) is 24.3 Å². The molecule has 4 heteroatoms. The van der Waals surface area contributed by atoms with Gasteiger partial charge in [-0.25, -0.2) is 0 Å². The SMILES string of the molecule is Cc1ccc(C(CBr)Cc2c(C)nn(C)c2Cl)cc1. The van der Waals surface area contributed by atoms with Crippen molar-refractivity contribution in [2.24, 2.45) is 7.05 Å². The van der Waals surface area contributed by atoms with Gasteiger partial charge in [-0.3, -0.25) is 4.68 Å². The molecule has 0 fully saturated rings. The smallest absolute Gasteiger partial charge is 0.130 e. The van der Waals surface area contributed by atoms with Crippen molar-refractivity contribution in [1.29, 1.82) is 0 Å². The van der Waals surface area contributed by atoms with E-state index in [1.165, 1.54) is 11.1 Å².